The van der Waals surface area contributed by atoms with E-state index in [1.165, 1.54) is 15.3 Å². The van der Waals surface area contributed by atoms with Crippen LogP contribution in [0.15, 0.2) is 54.9 Å². The van der Waals surface area contributed by atoms with Crippen LogP contribution in [0.1, 0.15) is 11.1 Å². The molecule has 1 aliphatic heterocycles. The molecule has 9 nitrogen and oxygen atoms in total. The van der Waals surface area contributed by atoms with Gasteiger partial charge >= 0.3 is 0 Å². The molecule has 0 saturated heterocycles. The molecule has 2 aromatic carbocycles. The van der Waals surface area contributed by atoms with Crippen LogP contribution in [0.3, 0.4) is 0 Å². The van der Waals surface area contributed by atoms with Crippen LogP contribution in [0.25, 0.3) is 5.69 Å². The lowest BCUT2D eigenvalue weighted by molar-refractivity contribution is -0.120. The number of fused-ring (bicyclic) bond motifs is 1. The summed E-state index contributed by atoms with van der Waals surface area (Å²) in [5, 5.41) is 13.8. The molecule has 1 aliphatic rings. The Morgan fingerprint density at radius 1 is 1.14 bits per heavy atom. The third-order valence-corrected chi connectivity index (χ3v) is 5.90. The monoisotopic (exact) mass is 398 g/mol. The molecule has 1 N–H and O–H groups in total. The molecule has 0 bridgehead atoms. The van der Waals surface area contributed by atoms with E-state index in [1.807, 2.05) is 24.3 Å². The van der Waals surface area contributed by atoms with Gasteiger partial charge in [0.1, 0.15) is 12.4 Å². The van der Waals surface area contributed by atoms with Crippen molar-refractivity contribution >= 4 is 21.6 Å². The lowest BCUT2D eigenvalue weighted by atomic mass is 9.95. The minimum absolute atomic E-state index is 0.178. The summed E-state index contributed by atoms with van der Waals surface area (Å²) < 4.78 is 27.3. The van der Waals surface area contributed by atoms with E-state index in [0.29, 0.717) is 17.8 Å². The highest BCUT2D eigenvalue weighted by Crippen LogP contribution is 2.26. The van der Waals surface area contributed by atoms with Gasteiger partial charge in [-0.15, -0.1) is 5.10 Å². The van der Waals surface area contributed by atoms with Crippen LogP contribution >= 0.6 is 0 Å². The SMILES string of the molecule is CS(=O)(=O)N1Cc2ccccc2C[C@H]1C(=O)Nc1cccc(-n2cnnn2)c1. The van der Waals surface area contributed by atoms with Crippen LogP contribution < -0.4 is 5.32 Å². The minimum atomic E-state index is -3.56. The number of nitrogens with one attached hydrogen (secondary N) is 1. The Bertz CT molecular complexity index is 1110. The molecule has 28 heavy (non-hydrogen) atoms. The zero-order valence-corrected chi connectivity index (χ0v) is 15.9. The van der Waals surface area contributed by atoms with Crippen molar-refractivity contribution in [2.75, 3.05) is 11.6 Å². The second-order valence-electron chi connectivity index (χ2n) is 6.59. The summed E-state index contributed by atoms with van der Waals surface area (Å²) in [6.45, 7) is 0.178. The fourth-order valence-electron chi connectivity index (χ4n) is 3.30. The number of aromatic nitrogens is 4. The van der Waals surface area contributed by atoms with Crippen LogP contribution in [-0.4, -0.2) is 51.1 Å². The Labute approximate surface area is 162 Å². The Hall–Kier alpha value is -3.11. The molecule has 1 amide bonds. The zero-order chi connectivity index (χ0) is 19.7. The normalized spacial score (nSPS) is 17.1. The molecule has 1 atom stereocenters. The first kappa shape index (κ1) is 18.3. The standard InChI is InChI=1S/C18H18N6O3S/c1-28(26,27)24-11-14-6-3-2-5-13(14)9-17(24)18(25)20-15-7-4-8-16(10-15)23-12-19-21-22-23/h2-8,10,12,17H,9,11H2,1H3,(H,20,25)/t17-/m0/s1. The molecular formula is C18H18N6O3S. The van der Waals surface area contributed by atoms with Gasteiger partial charge in [0.2, 0.25) is 15.9 Å². The van der Waals surface area contributed by atoms with E-state index in [0.717, 1.165) is 17.4 Å². The van der Waals surface area contributed by atoms with Crippen LogP contribution in [0.2, 0.25) is 0 Å². The zero-order valence-electron chi connectivity index (χ0n) is 15.1. The second kappa shape index (κ2) is 7.13. The van der Waals surface area contributed by atoms with Gasteiger partial charge in [0, 0.05) is 12.2 Å². The van der Waals surface area contributed by atoms with Crippen molar-refractivity contribution in [3.8, 4) is 5.69 Å². The van der Waals surface area contributed by atoms with E-state index in [1.54, 1.807) is 24.3 Å². The van der Waals surface area contributed by atoms with E-state index in [-0.39, 0.29) is 12.5 Å². The highest BCUT2D eigenvalue weighted by atomic mass is 32.2. The fraction of sp³-hybridized carbons (Fsp3) is 0.222. The summed E-state index contributed by atoms with van der Waals surface area (Å²) in [6, 6.07) is 13.8. The van der Waals surface area contributed by atoms with Gasteiger partial charge in [-0.1, -0.05) is 30.3 Å². The maximum Gasteiger partial charge on any atom is 0.243 e. The van der Waals surface area contributed by atoms with Crippen molar-refractivity contribution in [1.29, 1.82) is 0 Å². The van der Waals surface area contributed by atoms with E-state index >= 15 is 0 Å². The summed E-state index contributed by atoms with van der Waals surface area (Å²) in [5.74, 6) is -0.381. The Kier molecular flexibility index (Phi) is 4.65. The predicted octanol–water partition coefficient (Wildman–Crippen LogP) is 0.987. The van der Waals surface area contributed by atoms with Crippen LogP contribution in [0, 0.1) is 0 Å². The summed E-state index contributed by atoms with van der Waals surface area (Å²) in [6.07, 6.45) is 2.89. The third-order valence-electron chi connectivity index (χ3n) is 4.66. The summed E-state index contributed by atoms with van der Waals surface area (Å²) in [4.78, 5) is 13.0. The first-order chi connectivity index (χ1) is 13.4. The van der Waals surface area contributed by atoms with Gasteiger partial charge in [-0.05, 0) is 46.2 Å². The fourth-order valence-corrected chi connectivity index (χ4v) is 4.31. The highest BCUT2D eigenvalue weighted by molar-refractivity contribution is 7.88. The number of hydrogen-bond acceptors (Lipinski definition) is 6. The smallest absolute Gasteiger partial charge is 0.243 e. The number of hydrogen-bond donors (Lipinski definition) is 1. The number of sulfonamides is 1. The molecule has 0 spiro atoms. The Morgan fingerprint density at radius 3 is 2.64 bits per heavy atom. The molecule has 2 heterocycles. The molecule has 3 aromatic rings. The first-order valence-electron chi connectivity index (χ1n) is 8.60. The lowest BCUT2D eigenvalue weighted by Crippen LogP contribution is -2.50. The van der Waals surface area contributed by atoms with Gasteiger partial charge in [-0.3, -0.25) is 4.79 Å². The number of nitrogens with zero attached hydrogens (tertiary/aromatic N) is 5. The number of benzene rings is 2. The summed E-state index contributed by atoms with van der Waals surface area (Å²) >= 11 is 0. The average molecular weight is 398 g/mol. The molecule has 0 aliphatic carbocycles. The van der Waals surface area contributed by atoms with Gasteiger partial charge in [-0.2, -0.15) is 4.31 Å². The van der Waals surface area contributed by atoms with Crippen molar-refractivity contribution in [3.05, 3.63) is 66.0 Å². The second-order valence-corrected chi connectivity index (χ2v) is 8.53. The highest BCUT2D eigenvalue weighted by Gasteiger charge is 2.36. The average Bonchev–Trinajstić information content (AvgIpc) is 3.21. The molecule has 0 fully saturated rings. The van der Waals surface area contributed by atoms with Crippen molar-refractivity contribution in [2.45, 2.75) is 19.0 Å². The van der Waals surface area contributed by atoms with E-state index in [4.69, 9.17) is 0 Å². The van der Waals surface area contributed by atoms with Gasteiger partial charge < -0.3 is 5.32 Å². The number of carbonyl (C=O) groups is 1. The number of amides is 1. The van der Waals surface area contributed by atoms with Gasteiger partial charge in [0.25, 0.3) is 0 Å². The molecule has 0 radical (unpaired) electrons. The topological polar surface area (TPSA) is 110 Å². The van der Waals surface area contributed by atoms with Crippen LogP contribution in [-0.2, 0) is 27.8 Å². The number of anilines is 1. The molecule has 4 rings (SSSR count). The molecular weight excluding hydrogens is 380 g/mol. The predicted molar refractivity (Wildman–Crippen MR) is 102 cm³/mol. The van der Waals surface area contributed by atoms with E-state index in [9.17, 15) is 13.2 Å². The molecule has 1 aromatic heterocycles. The summed E-state index contributed by atoms with van der Waals surface area (Å²) in [7, 11) is -3.56. The Morgan fingerprint density at radius 2 is 1.93 bits per heavy atom. The number of carbonyl (C=O) groups excluding carboxylic acids is 1. The van der Waals surface area contributed by atoms with Crippen LogP contribution in [0.5, 0.6) is 0 Å². The minimum Gasteiger partial charge on any atom is -0.325 e. The van der Waals surface area contributed by atoms with Gasteiger partial charge in [0.05, 0.1) is 11.9 Å². The quantitative estimate of drug-likeness (QED) is 0.702. The van der Waals surface area contributed by atoms with Crippen molar-refractivity contribution in [2.24, 2.45) is 0 Å². The van der Waals surface area contributed by atoms with Crippen molar-refractivity contribution < 1.29 is 13.2 Å². The maximum absolute atomic E-state index is 13.0. The summed E-state index contributed by atoms with van der Waals surface area (Å²) in [5.41, 5.74) is 3.10. The van der Waals surface area contributed by atoms with Crippen molar-refractivity contribution in [1.82, 2.24) is 24.5 Å². The number of rotatable bonds is 4. The lowest BCUT2D eigenvalue weighted by Gasteiger charge is -2.34. The number of tetrazole rings is 1. The van der Waals surface area contributed by atoms with Gasteiger partial charge in [-0.25, -0.2) is 13.1 Å². The van der Waals surface area contributed by atoms with Crippen LogP contribution in [0.4, 0.5) is 5.69 Å². The molecule has 144 valence electrons. The molecule has 0 saturated carbocycles. The van der Waals surface area contributed by atoms with E-state index in [2.05, 4.69) is 20.8 Å². The third kappa shape index (κ3) is 3.64. The Balaban J connectivity index is 1.61. The largest absolute Gasteiger partial charge is 0.325 e. The molecule has 10 heteroatoms. The molecule has 0 unspecified atom stereocenters. The maximum atomic E-state index is 13.0. The van der Waals surface area contributed by atoms with Crippen molar-refractivity contribution in [3.63, 3.8) is 0 Å². The van der Waals surface area contributed by atoms with E-state index < -0.39 is 16.1 Å². The van der Waals surface area contributed by atoms with Gasteiger partial charge in [0.15, 0.2) is 0 Å². The first-order valence-corrected chi connectivity index (χ1v) is 10.4.